The van der Waals surface area contributed by atoms with Gasteiger partial charge in [-0.25, -0.2) is 0 Å². The minimum Gasteiger partial charge on any atom is -0.382 e. The molecule has 1 aliphatic carbocycles. The van der Waals surface area contributed by atoms with Gasteiger partial charge in [0, 0.05) is 38.6 Å². The van der Waals surface area contributed by atoms with E-state index < -0.39 is 0 Å². The van der Waals surface area contributed by atoms with Crippen molar-refractivity contribution in [3.63, 3.8) is 0 Å². The SMILES string of the molecule is COCC1(NC(=O)[C@H]2CCCN(C3CCN(Cc4ccncc4)CC3)C2)CCCC1. The van der Waals surface area contributed by atoms with Gasteiger partial charge in [0.15, 0.2) is 0 Å². The van der Waals surface area contributed by atoms with Crippen LogP contribution >= 0.6 is 0 Å². The number of hydrogen-bond donors (Lipinski definition) is 1. The van der Waals surface area contributed by atoms with Crippen LogP contribution in [0.25, 0.3) is 0 Å². The molecule has 2 saturated heterocycles. The van der Waals surface area contributed by atoms with Crippen LogP contribution < -0.4 is 5.32 Å². The number of piperidine rings is 2. The molecule has 0 bridgehead atoms. The van der Waals surface area contributed by atoms with E-state index in [9.17, 15) is 4.79 Å². The fraction of sp³-hybridized carbons (Fsp3) is 0.750. The third-order valence-electron chi connectivity index (χ3n) is 7.42. The predicted octanol–water partition coefficient (Wildman–Crippen LogP) is 2.83. The van der Waals surface area contributed by atoms with Crippen molar-refractivity contribution in [2.45, 2.75) is 69.5 Å². The molecule has 0 aromatic carbocycles. The third kappa shape index (κ3) is 5.40. The van der Waals surface area contributed by atoms with Crippen LogP contribution in [0.4, 0.5) is 0 Å². The number of likely N-dealkylation sites (tertiary alicyclic amines) is 2. The number of nitrogens with zero attached hydrogens (tertiary/aromatic N) is 3. The Morgan fingerprint density at radius 3 is 2.57 bits per heavy atom. The first-order chi connectivity index (χ1) is 14.7. The van der Waals surface area contributed by atoms with Crippen molar-refractivity contribution in [3.8, 4) is 0 Å². The van der Waals surface area contributed by atoms with Crippen molar-refractivity contribution >= 4 is 5.91 Å². The second-order valence-electron chi connectivity index (χ2n) is 9.61. The quantitative estimate of drug-likeness (QED) is 0.744. The number of amides is 1. The summed E-state index contributed by atoms with van der Waals surface area (Å²) in [5, 5.41) is 3.42. The lowest BCUT2D eigenvalue weighted by molar-refractivity contribution is -0.130. The molecule has 1 amide bonds. The summed E-state index contributed by atoms with van der Waals surface area (Å²) in [7, 11) is 1.75. The smallest absolute Gasteiger partial charge is 0.224 e. The number of aromatic nitrogens is 1. The molecule has 6 heteroatoms. The Kier molecular flexibility index (Phi) is 7.39. The molecule has 1 saturated carbocycles. The minimum atomic E-state index is -0.119. The first-order valence-corrected chi connectivity index (χ1v) is 11.8. The molecule has 6 nitrogen and oxygen atoms in total. The fourth-order valence-corrected chi connectivity index (χ4v) is 5.74. The summed E-state index contributed by atoms with van der Waals surface area (Å²) in [5.41, 5.74) is 1.22. The molecule has 30 heavy (non-hydrogen) atoms. The number of methoxy groups -OCH3 is 1. The molecule has 4 rings (SSSR count). The van der Waals surface area contributed by atoms with Gasteiger partial charge in [0.1, 0.15) is 0 Å². The summed E-state index contributed by atoms with van der Waals surface area (Å²) >= 11 is 0. The van der Waals surface area contributed by atoms with E-state index in [2.05, 4.69) is 32.2 Å². The van der Waals surface area contributed by atoms with Crippen LogP contribution in [-0.4, -0.2) is 72.2 Å². The molecule has 1 aromatic heterocycles. The zero-order chi connectivity index (χ0) is 20.8. The summed E-state index contributed by atoms with van der Waals surface area (Å²) in [6.07, 6.45) is 12.8. The Hall–Kier alpha value is -1.50. The lowest BCUT2D eigenvalue weighted by Crippen LogP contribution is -2.55. The molecule has 1 aromatic rings. The Bertz CT molecular complexity index is 669. The monoisotopic (exact) mass is 414 g/mol. The van der Waals surface area contributed by atoms with E-state index in [-0.39, 0.29) is 17.4 Å². The van der Waals surface area contributed by atoms with Crippen LogP contribution in [0, 0.1) is 5.92 Å². The summed E-state index contributed by atoms with van der Waals surface area (Å²) in [4.78, 5) is 22.4. The van der Waals surface area contributed by atoms with Gasteiger partial charge in [-0.3, -0.25) is 19.6 Å². The van der Waals surface area contributed by atoms with E-state index in [1.165, 1.54) is 31.2 Å². The Balaban J connectivity index is 1.26. The predicted molar refractivity (Wildman–Crippen MR) is 118 cm³/mol. The lowest BCUT2D eigenvalue weighted by atomic mass is 9.91. The van der Waals surface area contributed by atoms with Crippen LogP contribution in [0.15, 0.2) is 24.5 Å². The van der Waals surface area contributed by atoms with Gasteiger partial charge in [0.25, 0.3) is 0 Å². The zero-order valence-electron chi connectivity index (χ0n) is 18.5. The van der Waals surface area contributed by atoms with E-state index in [0.29, 0.717) is 12.6 Å². The normalized spacial score (nSPS) is 26.0. The number of carbonyl (C=O) groups is 1. The highest BCUT2D eigenvalue weighted by atomic mass is 16.5. The van der Waals surface area contributed by atoms with Gasteiger partial charge in [-0.15, -0.1) is 0 Å². The number of nitrogens with one attached hydrogen (secondary N) is 1. The van der Waals surface area contributed by atoms with Gasteiger partial charge in [-0.1, -0.05) is 12.8 Å². The average molecular weight is 415 g/mol. The average Bonchev–Trinajstić information content (AvgIpc) is 3.23. The van der Waals surface area contributed by atoms with Crippen molar-refractivity contribution in [1.29, 1.82) is 0 Å². The number of carbonyl (C=O) groups excluding carboxylic acids is 1. The minimum absolute atomic E-state index is 0.119. The molecule has 166 valence electrons. The highest BCUT2D eigenvalue weighted by molar-refractivity contribution is 5.79. The molecule has 0 spiro atoms. The van der Waals surface area contributed by atoms with Crippen molar-refractivity contribution in [3.05, 3.63) is 30.1 Å². The van der Waals surface area contributed by atoms with Crippen LogP contribution in [0.3, 0.4) is 0 Å². The van der Waals surface area contributed by atoms with Gasteiger partial charge in [0.2, 0.25) is 5.91 Å². The molecule has 1 N–H and O–H groups in total. The molecular weight excluding hydrogens is 376 g/mol. The largest absolute Gasteiger partial charge is 0.382 e. The summed E-state index contributed by atoms with van der Waals surface area (Å²) in [5.74, 6) is 0.386. The summed E-state index contributed by atoms with van der Waals surface area (Å²) in [6, 6.07) is 4.84. The van der Waals surface area contributed by atoms with Crippen molar-refractivity contribution in [2.24, 2.45) is 5.92 Å². The van der Waals surface area contributed by atoms with Crippen molar-refractivity contribution < 1.29 is 9.53 Å². The number of pyridine rings is 1. The number of hydrogen-bond acceptors (Lipinski definition) is 5. The summed E-state index contributed by atoms with van der Waals surface area (Å²) < 4.78 is 5.45. The zero-order valence-corrected chi connectivity index (χ0v) is 18.5. The topological polar surface area (TPSA) is 57.7 Å². The first kappa shape index (κ1) is 21.7. The Morgan fingerprint density at radius 1 is 1.13 bits per heavy atom. The van der Waals surface area contributed by atoms with Crippen LogP contribution in [0.1, 0.15) is 56.9 Å². The molecule has 3 aliphatic rings. The summed E-state index contributed by atoms with van der Waals surface area (Å²) in [6.45, 7) is 5.99. The van der Waals surface area contributed by atoms with Crippen LogP contribution in [0.2, 0.25) is 0 Å². The molecule has 2 aliphatic heterocycles. The molecular formula is C24H38N4O2. The Labute approximate surface area is 181 Å². The van der Waals surface area contributed by atoms with Crippen LogP contribution in [-0.2, 0) is 16.1 Å². The molecule has 0 unspecified atom stereocenters. The molecule has 3 fully saturated rings. The maximum Gasteiger partial charge on any atom is 0.224 e. The standard InChI is InChI=1S/C24H38N4O2/c1-30-19-24(10-2-3-11-24)26-23(29)21-5-4-14-28(18-21)22-8-15-27(16-9-22)17-20-6-12-25-13-7-20/h6-7,12-13,21-22H,2-5,8-11,14-19H2,1H3,(H,26,29)/t21-/m0/s1. The van der Waals surface area contributed by atoms with Crippen molar-refractivity contribution in [1.82, 2.24) is 20.1 Å². The maximum absolute atomic E-state index is 13.1. The van der Waals surface area contributed by atoms with E-state index in [0.717, 1.165) is 58.4 Å². The number of ether oxygens (including phenoxy) is 1. The van der Waals surface area contributed by atoms with Gasteiger partial charge in [-0.2, -0.15) is 0 Å². The molecule has 1 atom stereocenters. The Morgan fingerprint density at radius 2 is 1.87 bits per heavy atom. The van der Waals surface area contributed by atoms with Gasteiger partial charge < -0.3 is 10.1 Å². The van der Waals surface area contributed by atoms with Gasteiger partial charge in [-0.05, 0) is 75.9 Å². The van der Waals surface area contributed by atoms with E-state index in [1.54, 1.807) is 7.11 Å². The lowest BCUT2D eigenvalue weighted by Gasteiger charge is -2.42. The van der Waals surface area contributed by atoms with E-state index >= 15 is 0 Å². The van der Waals surface area contributed by atoms with Gasteiger partial charge in [0.05, 0.1) is 18.1 Å². The van der Waals surface area contributed by atoms with E-state index in [1.807, 2.05) is 12.4 Å². The fourth-order valence-electron chi connectivity index (χ4n) is 5.74. The van der Waals surface area contributed by atoms with Crippen molar-refractivity contribution in [2.75, 3.05) is 39.9 Å². The van der Waals surface area contributed by atoms with Gasteiger partial charge >= 0.3 is 0 Å². The maximum atomic E-state index is 13.1. The highest BCUT2D eigenvalue weighted by Gasteiger charge is 2.38. The molecule has 0 radical (unpaired) electrons. The number of rotatable bonds is 7. The second-order valence-corrected chi connectivity index (χ2v) is 9.61. The molecule has 3 heterocycles. The van der Waals surface area contributed by atoms with Crippen LogP contribution in [0.5, 0.6) is 0 Å². The second kappa shape index (κ2) is 10.2. The third-order valence-corrected chi connectivity index (χ3v) is 7.42. The first-order valence-electron chi connectivity index (χ1n) is 11.8. The highest BCUT2D eigenvalue weighted by Crippen LogP contribution is 2.31. The van der Waals surface area contributed by atoms with E-state index in [4.69, 9.17) is 4.74 Å².